The summed E-state index contributed by atoms with van der Waals surface area (Å²) in [5, 5.41) is 8.08. The Morgan fingerprint density at radius 2 is 2.10 bits per heavy atom. The van der Waals surface area contributed by atoms with Gasteiger partial charge in [-0.25, -0.2) is 9.97 Å². The molecule has 0 aliphatic carbocycles. The van der Waals surface area contributed by atoms with Crippen LogP contribution < -0.4 is 5.32 Å². The zero-order valence-electron chi connectivity index (χ0n) is 10.4. The van der Waals surface area contributed by atoms with Gasteiger partial charge in [0.15, 0.2) is 0 Å². The third-order valence-corrected chi connectivity index (χ3v) is 2.97. The molecule has 0 spiro atoms. The first kappa shape index (κ1) is 12.4. The minimum Gasteiger partial charge on any atom is -0.357 e. The van der Waals surface area contributed by atoms with Gasteiger partial charge in [0.05, 0.1) is 6.20 Å². The van der Waals surface area contributed by atoms with E-state index in [0.717, 1.165) is 0 Å². The molecule has 0 aliphatic heterocycles. The van der Waals surface area contributed by atoms with Crippen LogP contribution in [0.2, 0.25) is 0 Å². The van der Waals surface area contributed by atoms with E-state index in [4.69, 9.17) is 0 Å². The molecular formula is C10H9N9S. The van der Waals surface area contributed by atoms with Crippen LogP contribution in [0.4, 0.5) is 5.95 Å². The molecule has 3 heterocycles. The lowest BCUT2D eigenvalue weighted by atomic mass is 10.8. The topological polar surface area (TPSA) is 107 Å². The highest BCUT2D eigenvalue weighted by molar-refractivity contribution is 7.99. The number of nitrogens with zero attached hydrogens (tertiary/aromatic N) is 8. The minimum atomic E-state index is 0.383. The second-order valence-corrected chi connectivity index (χ2v) is 4.46. The second-order valence-electron chi connectivity index (χ2n) is 3.48. The molecule has 10 heteroatoms. The largest absolute Gasteiger partial charge is 0.357 e. The van der Waals surface area contributed by atoms with Gasteiger partial charge in [-0.1, -0.05) is 0 Å². The molecule has 0 amide bonds. The predicted octanol–water partition coefficient (Wildman–Crippen LogP) is 0.435. The molecule has 3 rings (SSSR count). The summed E-state index contributed by atoms with van der Waals surface area (Å²) in [5.74, 6) is 0.824. The fourth-order valence-electron chi connectivity index (χ4n) is 1.35. The van der Waals surface area contributed by atoms with Crippen LogP contribution in [0.3, 0.4) is 0 Å². The molecule has 0 saturated carbocycles. The summed E-state index contributed by atoms with van der Waals surface area (Å²) in [6.45, 7) is 0. The van der Waals surface area contributed by atoms with Crippen LogP contribution in [-0.4, -0.2) is 46.7 Å². The molecular weight excluding hydrogens is 278 g/mol. The Bertz CT molecular complexity index is 685. The van der Waals surface area contributed by atoms with Gasteiger partial charge < -0.3 is 5.32 Å². The lowest BCUT2D eigenvalue weighted by Crippen LogP contribution is -2.07. The molecule has 3 aromatic rings. The van der Waals surface area contributed by atoms with Crippen molar-refractivity contribution in [2.75, 3.05) is 12.4 Å². The van der Waals surface area contributed by atoms with Crippen molar-refractivity contribution in [1.29, 1.82) is 0 Å². The van der Waals surface area contributed by atoms with Crippen LogP contribution in [0.15, 0.2) is 41.4 Å². The quantitative estimate of drug-likeness (QED) is 0.731. The molecule has 0 aromatic carbocycles. The first-order chi connectivity index (χ1) is 9.85. The first-order valence-electron chi connectivity index (χ1n) is 5.58. The van der Waals surface area contributed by atoms with Gasteiger partial charge in [0, 0.05) is 19.4 Å². The third-order valence-electron chi connectivity index (χ3n) is 2.19. The monoisotopic (exact) mass is 287 g/mol. The van der Waals surface area contributed by atoms with Gasteiger partial charge in [-0.3, -0.25) is 4.98 Å². The standard InChI is InChI=1S/C10H9N9S/c1-11-8-16-9(19-6-13-5-15-19)18-10(17-8)20-7-4-12-2-3-14-7/h2-6H,1H3,(H,11,16,17,18). The highest BCUT2D eigenvalue weighted by Gasteiger charge is 2.10. The molecule has 0 aliphatic rings. The number of hydrogen-bond acceptors (Lipinski definition) is 9. The Morgan fingerprint density at radius 1 is 1.15 bits per heavy atom. The Morgan fingerprint density at radius 3 is 2.80 bits per heavy atom. The Balaban J connectivity index is 1.96. The SMILES string of the molecule is CNc1nc(Sc2cnccn2)nc(-n2cncn2)n1. The summed E-state index contributed by atoms with van der Waals surface area (Å²) in [6, 6.07) is 0. The first-order valence-corrected chi connectivity index (χ1v) is 6.39. The van der Waals surface area contributed by atoms with Crippen LogP contribution in [0.1, 0.15) is 0 Å². The van der Waals surface area contributed by atoms with Gasteiger partial charge in [0.1, 0.15) is 17.7 Å². The van der Waals surface area contributed by atoms with Crippen LogP contribution >= 0.6 is 11.8 Å². The predicted molar refractivity (Wildman–Crippen MR) is 70.4 cm³/mol. The van der Waals surface area contributed by atoms with Crippen molar-refractivity contribution in [3.63, 3.8) is 0 Å². The molecule has 0 radical (unpaired) electrons. The normalized spacial score (nSPS) is 10.4. The number of aromatic nitrogens is 8. The smallest absolute Gasteiger partial charge is 0.257 e. The van der Waals surface area contributed by atoms with Gasteiger partial charge in [0.25, 0.3) is 5.95 Å². The van der Waals surface area contributed by atoms with E-state index in [0.29, 0.717) is 22.1 Å². The summed E-state index contributed by atoms with van der Waals surface area (Å²) < 4.78 is 1.46. The van der Waals surface area contributed by atoms with Crippen LogP contribution in [0.5, 0.6) is 0 Å². The van der Waals surface area contributed by atoms with Crippen molar-refractivity contribution in [1.82, 2.24) is 39.7 Å². The van der Waals surface area contributed by atoms with Gasteiger partial charge in [-0.2, -0.15) is 24.7 Å². The van der Waals surface area contributed by atoms with E-state index in [1.165, 1.54) is 29.1 Å². The van der Waals surface area contributed by atoms with Crippen molar-refractivity contribution in [3.05, 3.63) is 31.2 Å². The summed E-state index contributed by atoms with van der Waals surface area (Å²) in [5.41, 5.74) is 0. The van der Waals surface area contributed by atoms with E-state index in [1.807, 2.05) is 0 Å². The highest BCUT2D eigenvalue weighted by Crippen LogP contribution is 2.22. The van der Waals surface area contributed by atoms with Crippen molar-refractivity contribution < 1.29 is 0 Å². The summed E-state index contributed by atoms with van der Waals surface area (Å²) in [4.78, 5) is 24.8. The Labute approximate surface area is 118 Å². The number of anilines is 1. The molecule has 1 N–H and O–H groups in total. The van der Waals surface area contributed by atoms with E-state index >= 15 is 0 Å². The Hall–Kier alpha value is -2.62. The maximum atomic E-state index is 4.31. The molecule has 20 heavy (non-hydrogen) atoms. The fraction of sp³-hybridized carbons (Fsp3) is 0.100. The van der Waals surface area contributed by atoms with Crippen molar-refractivity contribution >= 4 is 17.7 Å². The van der Waals surface area contributed by atoms with E-state index in [1.54, 1.807) is 25.6 Å². The highest BCUT2D eigenvalue weighted by atomic mass is 32.2. The molecule has 3 aromatic heterocycles. The molecule has 9 nitrogen and oxygen atoms in total. The van der Waals surface area contributed by atoms with E-state index < -0.39 is 0 Å². The maximum Gasteiger partial charge on any atom is 0.257 e. The van der Waals surface area contributed by atoms with Crippen molar-refractivity contribution in [2.24, 2.45) is 0 Å². The number of nitrogens with one attached hydrogen (secondary N) is 1. The molecule has 0 saturated heterocycles. The van der Waals surface area contributed by atoms with Crippen LogP contribution in [0, 0.1) is 0 Å². The third kappa shape index (κ3) is 2.69. The number of hydrogen-bond donors (Lipinski definition) is 1. The van der Waals surface area contributed by atoms with Gasteiger partial charge in [-0.05, 0) is 11.8 Å². The lowest BCUT2D eigenvalue weighted by Gasteiger charge is -2.05. The molecule has 100 valence electrons. The van der Waals surface area contributed by atoms with E-state index in [-0.39, 0.29) is 0 Å². The van der Waals surface area contributed by atoms with E-state index in [9.17, 15) is 0 Å². The van der Waals surface area contributed by atoms with Crippen molar-refractivity contribution in [3.8, 4) is 5.95 Å². The summed E-state index contributed by atoms with van der Waals surface area (Å²) >= 11 is 1.29. The summed E-state index contributed by atoms with van der Waals surface area (Å²) in [6.07, 6.45) is 7.80. The molecule has 0 unspecified atom stereocenters. The minimum absolute atomic E-state index is 0.383. The van der Waals surface area contributed by atoms with Crippen LogP contribution in [-0.2, 0) is 0 Å². The van der Waals surface area contributed by atoms with Gasteiger partial charge >= 0.3 is 0 Å². The maximum absolute atomic E-state index is 4.31. The number of rotatable bonds is 4. The lowest BCUT2D eigenvalue weighted by molar-refractivity contribution is 0.760. The Kier molecular flexibility index (Phi) is 3.46. The fourth-order valence-corrected chi connectivity index (χ4v) is 2.02. The second kappa shape index (κ2) is 5.57. The molecule has 0 atom stereocenters. The zero-order valence-corrected chi connectivity index (χ0v) is 11.2. The van der Waals surface area contributed by atoms with Gasteiger partial charge in [-0.15, -0.1) is 0 Å². The van der Waals surface area contributed by atoms with Crippen LogP contribution in [0.25, 0.3) is 5.95 Å². The average molecular weight is 287 g/mol. The van der Waals surface area contributed by atoms with E-state index in [2.05, 4.69) is 40.3 Å². The summed E-state index contributed by atoms with van der Waals surface area (Å²) in [7, 11) is 1.73. The molecule has 0 bridgehead atoms. The van der Waals surface area contributed by atoms with Gasteiger partial charge in [0.2, 0.25) is 11.1 Å². The molecule has 0 fully saturated rings. The van der Waals surface area contributed by atoms with Crippen molar-refractivity contribution in [2.45, 2.75) is 10.2 Å². The average Bonchev–Trinajstić information content (AvgIpc) is 3.02. The zero-order chi connectivity index (χ0) is 13.8.